The number of likely N-dealkylation sites (tertiary alicyclic amines) is 1. The highest BCUT2D eigenvalue weighted by Gasteiger charge is 2.34. The molecule has 0 aliphatic carbocycles. The van der Waals surface area contributed by atoms with Crippen LogP contribution >= 0.6 is 12.4 Å². The highest BCUT2D eigenvalue weighted by atomic mass is 35.5. The van der Waals surface area contributed by atoms with Crippen molar-refractivity contribution in [2.75, 3.05) is 13.1 Å². The maximum absolute atomic E-state index is 12.8. The van der Waals surface area contributed by atoms with Crippen LogP contribution in [0.5, 0.6) is 0 Å². The summed E-state index contributed by atoms with van der Waals surface area (Å²) in [4.78, 5) is 15.0. The van der Waals surface area contributed by atoms with Gasteiger partial charge in [-0.3, -0.25) is 4.79 Å². The number of piperidine rings is 1. The van der Waals surface area contributed by atoms with Crippen LogP contribution in [0.2, 0.25) is 0 Å². The lowest BCUT2D eigenvalue weighted by molar-refractivity contribution is -0.137. The van der Waals surface area contributed by atoms with Gasteiger partial charge in [-0.1, -0.05) is 30.3 Å². The third-order valence-electron chi connectivity index (χ3n) is 4.95. The van der Waals surface area contributed by atoms with Crippen molar-refractivity contribution >= 4 is 18.3 Å². The van der Waals surface area contributed by atoms with Crippen LogP contribution in [0.3, 0.4) is 0 Å². The van der Waals surface area contributed by atoms with Crippen LogP contribution in [0.1, 0.15) is 38.2 Å². The zero-order valence-corrected chi connectivity index (χ0v) is 14.1. The Kier molecular flexibility index (Phi) is 6.27. The molecule has 122 valence electrons. The van der Waals surface area contributed by atoms with Crippen LogP contribution in [-0.4, -0.2) is 36.0 Å². The molecule has 1 unspecified atom stereocenters. The molecule has 3 nitrogen and oxygen atoms in total. The average molecular weight is 323 g/mol. The molecular weight excluding hydrogens is 296 g/mol. The van der Waals surface area contributed by atoms with Crippen molar-refractivity contribution in [2.45, 2.75) is 51.1 Å². The monoisotopic (exact) mass is 322 g/mol. The molecule has 22 heavy (non-hydrogen) atoms. The van der Waals surface area contributed by atoms with Crippen LogP contribution in [0.4, 0.5) is 0 Å². The molecule has 0 saturated carbocycles. The minimum Gasteiger partial charge on any atom is -0.339 e. The minimum absolute atomic E-state index is 0. The maximum Gasteiger partial charge on any atom is 0.226 e. The molecule has 0 aromatic heterocycles. The van der Waals surface area contributed by atoms with E-state index in [1.54, 1.807) is 0 Å². The Morgan fingerprint density at radius 1 is 1.27 bits per heavy atom. The van der Waals surface area contributed by atoms with Gasteiger partial charge in [-0.15, -0.1) is 12.4 Å². The van der Waals surface area contributed by atoms with Gasteiger partial charge in [-0.05, 0) is 51.1 Å². The predicted molar refractivity (Wildman–Crippen MR) is 92.3 cm³/mol. The molecule has 1 amide bonds. The molecule has 0 bridgehead atoms. The Hall–Kier alpha value is -1.06. The number of carbonyl (C=O) groups excluding carboxylic acids is 1. The van der Waals surface area contributed by atoms with Gasteiger partial charge in [0.25, 0.3) is 0 Å². The van der Waals surface area contributed by atoms with Crippen molar-refractivity contribution in [1.82, 2.24) is 10.2 Å². The van der Waals surface area contributed by atoms with E-state index in [0.29, 0.717) is 18.0 Å². The van der Waals surface area contributed by atoms with Crippen molar-refractivity contribution in [3.8, 4) is 0 Å². The van der Waals surface area contributed by atoms with E-state index in [4.69, 9.17) is 0 Å². The first-order chi connectivity index (χ1) is 10.2. The Morgan fingerprint density at radius 3 is 2.77 bits per heavy atom. The second-order valence-corrected chi connectivity index (χ2v) is 6.59. The van der Waals surface area contributed by atoms with Crippen LogP contribution in [-0.2, 0) is 11.2 Å². The first kappa shape index (κ1) is 17.3. The summed E-state index contributed by atoms with van der Waals surface area (Å²) in [5.74, 6) is 0.638. The number of nitrogens with one attached hydrogen (secondary N) is 1. The third kappa shape index (κ3) is 4.02. The van der Waals surface area contributed by atoms with Crippen molar-refractivity contribution in [1.29, 1.82) is 0 Å². The van der Waals surface area contributed by atoms with Crippen LogP contribution < -0.4 is 5.32 Å². The summed E-state index contributed by atoms with van der Waals surface area (Å²) >= 11 is 0. The largest absolute Gasteiger partial charge is 0.339 e. The number of benzene rings is 1. The smallest absolute Gasteiger partial charge is 0.226 e. The second kappa shape index (κ2) is 7.98. The maximum atomic E-state index is 12.8. The van der Waals surface area contributed by atoms with E-state index in [1.165, 1.54) is 5.56 Å². The number of halogens is 1. The molecule has 3 atom stereocenters. The molecule has 2 saturated heterocycles. The van der Waals surface area contributed by atoms with E-state index in [1.807, 2.05) is 0 Å². The highest BCUT2D eigenvalue weighted by Crippen LogP contribution is 2.26. The van der Waals surface area contributed by atoms with Crippen LogP contribution in [0.15, 0.2) is 30.3 Å². The fraction of sp³-hybridized carbons (Fsp3) is 0.611. The van der Waals surface area contributed by atoms with Gasteiger partial charge < -0.3 is 10.2 Å². The minimum atomic E-state index is 0. The van der Waals surface area contributed by atoms with Crippen molar-refractivity contribution < 1.29 is 4.79 Å². The normalized spacial score (nSPS) is 28.2. The highest BCUT2D eigenvalue weighted by molar-refractivity contribution is 5.85. The topological polar surface area (TPSA) is 32.3 Å². The van der Waals surface area contributed by atoms with Crippen molar-refractivity contribution in [3.05, 3.63) is 35.9 Å². The summed E-state index contributed by atoms with van der Waals surface area (Å²) in [5, 5.41) is 3.44. The van der Waals surface area contributed by atoms with Gasteiger partial charge in [-0.2, -0.15) is 0 Å². The molecule has 2 fully saturated rings. The van der Waals surface area contributed by atoms with E-state index >= 15 is 0 Å². The number of rotatable bonds is 3. The first-order valence-electron chi connectivity index (χ1n) is 8.32. The van der Waals surface area contributed by atoms with Crippen LogP contribution in [0.25, 0.3) is 0 Å². The molecule has 0 radical (unpaired) electrons. The van der Waals surface area contributed by atoms with Gasteiger partial charge in [0.2, 0.25) is 5.91 Å². The lowest BCUT2D eigenvalue weighted by atomic mass is 9.91. The summed E-state index contributed by atoms with van der Waals surface area (Å²) in [6.07, 6.45) is 5.31. The third-order valence-corrected chi connectivity index (χ3v) is 4.95. The fourth-order valence-corrected chi connectivity index (χ4v) is 3.81. The zero-order valence-electron chi connectivity index (χ0n) is 13.3. The standard InChI is InChI=1S/C18H26N2O.ClH/c1-14-12-16(9-10-19-14)18(21)20-11-5-8-17(20)13-15-6-3-2-4-7-15;/h2-4,6-7,14,16-17,19H,5,8-13H2,1H3;1H/t14-,16-,17?;/m0./s1. The van der Waals surface area contributed by atoms with E-state index < -0.39 is 0 Å². The Balaban J connectivity index is 0.00000176. The predicted octanol–water partition coefficient (Wildman–Crippen LogP) is 3.03. The summed E-state index contributed by atoms with van der Waals surface area (Å²) in [6.45, 7) is 4.12. The number of hydrogen-bond acceptors (Lipinski definition) is 2. The molecule has 0 spiro atoms. The Labute approximate surface area is 139 Å². The fourth-order valence-electron chi connectivity index (χ4n) is 3.81. The van der Waals surface area contributed by atoms with Gasteiger partial charge in [-0.25, -0.2) is 0 Å². The summed E-state index contributed by atoms with van der Waals surface area (Å²) in [5.41, 5.74) is 1.35. The van der Waals surface area contributed by atoms with E-state index in [9.17, 15) is 4.79 Å². The lowest BCUT2D eigenvalue weighted by Crippen LogP contribution is -2.46. The first-order valence-corrected chi connectivity index (χ1v) is 8.32. The number of amides is 1. The van der Waals surface area contributed by atoms with Gasteiger partial charge in [0, 0.05) is 24.5 Å². The summed E-state index contributed by atoms with van der Waals surface area (Å²) in [6, 6.07) is 11.5. The molecule has 2 aliphatic heterocycles. The van der Waals surface area contributed by atoms with Crippen LogP contribution in [0, 0.1) is 5.92 Å². The number of carbonyl (C=O) groups is 1. The molecule has 1 N–H and O–H groups in total. The van der Waals surface area contributed by atoms with E-state index in [2.05, 4.69) is 47.5 Å². The van der Waals surface area contributed by atoms with Crippen molar-refractivity contribution in [3.63, 3.8) is 0 Å². The second-order valence-electron chi connectivity index (χ2n) is 6.59. The molecule has 1 aromatic carbocycles. The van der Waals surface area contributed by atoms with E-state index in [-0.39, 0.29) is 18.3 Å². The molecule has 1 aromatic rings. The molecule has 2 aliphatic rings. The summed E-state index contributed by atoms with van der Waals surface area (Å²) < 4.78 is 0. The van der Waals surface area contributed by atoms with Crippen molar-refractivity contribution in [2.24, 2.45) is 5.92 Å². The quantitative estimate of drug-likeness (QED) is 0.927. The SMILES string of the molecule is C[C@H]1C[C@@H](C(=O)N2CCCC2Cc2ccccc2)CCN1.Cl. The van der Waals surface area contributed by atoms with Gasteiger partial charge in [0.1, 0.15) is 0 Å². The Morgan fingerprint density at radius 2 is 2.05 bits per heavy atom. The van der Waals surface area contributed by atoms with Gasteiger partial charge in [0.15, 0.2) is 0 Å². The molecule has 3 rings (SSSR count). The number of hydrogen-bond donors (Lipinski definition) is 1. The van der Waals surface area contributed by atoms with Gasteiger partial charge >= 0.3 is 0 Å². The zero-order chi connectivity index (χ0) is 14.7. The molecule has 4 heteroatoms. The Bertz CT molecular complexity index is 479. The lowest BCUT2D eigenvalue weighted by Gasteiger charge is -2.33. The average Bonchev–Trinajstić information content (AvgIpc) is 2.95. The van der Waals surface area contributed by atoms with Gasteiger partial charge in [0.05, 0.1) is 0 Å². The number of nitrogens with zero attached hydrogens (tertiary/aromatic N) is 1. The molecular formula is C18H27ClN2O. The van der Waals surface area contributed by atoms with E-state index in [0.717, 1.165) is 45.2 Å². The molecule has 2 heterocycles. The summed E-state index contributed by atoms with van der Waals surface area (Å²) in [7, 11) is 0.